The van der Waals surface area contributed by atoms with Crippen LogP contribution in [0.15, 0.2) is 48.5 Å². The van der Waals surface area contributed by atoms with Crippen molar-refractivity contribution in [2.45, 2.75) is 5.92 Å². The Hall–Kier alpha value is -2.34. The molecule has 84 valence electrons. The van der Waals surface area contributed by atoms with E-state index in [0.29, 0.717) is 16.8 Å². The Bertz CT molecular complexity index is 572. The first kappa shape index (κ1) is 11.2. The van der Waals surface area contributed by atoms with Gasteiger partial charge in [0.1, 0.15) is 5.82 Å². The van der Waals surface area contributed by atoms with Crippen LogP contribution < -0.4 is 5.73 Å². The van der Waals surface area contributed by atoms with Crippen molar-refractivity contribution < 1.29 is 4.39 Å². The van der Waals surface area contributed by atoms with Gasteiger partial charge in [-0.2, -0.15) is 5.26 Å². The fraction of sp³-hybridized carbons (Fsp3) is 0.0714. The summed E-state index contributed by atoms with van der Waals surface area (Å²) in [6.45, 7) is 0. The molecule has 0 aliphatic rings. The molecular weight excluding hydrogens is 215 g/mol. The van der Waals surface area contributed by atoms with Crippen LogP contribution in [0.5, 0.6) is 0 Å². The number of anilines is 1. The van der Waals surface area contributed by atoms with Crippen LogP contribution >= 0.6 is 0 Å². The second kappa shape index (κ2) is 4.67. The van der Waals surface area contributed by atoms with Crippen LogP contribution in [-0.4, -0.2) is 0 Å². The lowest BCUT2D eigenvalue weighted by Crippen LogP contribution is -2.02. The van der Waals surface area contributed by atoms with Gasteiger partial charge in [-0.1, -0.05) is 30.3 Å². The summed E-state index contributed by atoms with van der Waals surface area (Å²) in [4.78, 5) is 0. The van der Waals surface area contributed by atoms with Gasteiger partial charge in [-0.05, 0) is 29.3 Å². The van der Waals surface area contributed by atoms with Crippen LogP contribution in [0.4, 0.5) is 10.1 Å². The first-order valence-corrected chi connectivity index (χ1v) is 5.22. The topological polar surface area (TPSA) is 49.8 Å². The predicted octanol–water partition coefficient (Wildman–Crippen LogP) is 3.06. The molecule has 0 saturated heterocycles. The van der Waals surface area contributed by atoms with Crippen molar-refractivity contribution in [1.82, 2.24) is 0 Å². The Labute approximate surface area is 99.1 Å². The third-order valence-corrected chi connectivity index (χ3v) is 2.62. The standard InChI is InChI=1S/C14H11FN2/c15-11-5-3-4-10(8-11)13(9-16)12-6-1-2-7-14(12)17/h1-8,13H,17H2. The van der Waals surface area contributed by atoms with Gasteiger partial charge in [0.05, 0.1) is 12.0 Å². The van der Waals surface area contributed by atoms with Gasteiger partial charge in [-0.3, -0.25) is 0 Å². The second-order valence-electron chi connectivity index (χ2n) is 3.75. The van der Waals surface area contributed by atoms with Crippen molar-refractivity contribution in [2.75, 3.05) is 5.73 Å². The van der Waals surface area contributed by atoms with Gasteiger partial charge in [-0.15, -0.1) is 0 Å². The highest BCUT2D eigenvalue weighted by molar-refractivity contribution is 5.54. The van der Waals surface area contributed by atoms with Crippen LogP contribution in [0.3, 0.4) is 0 Å². The average Bonchev–Trinajstić information content (AvgIpc) is 2.33. The lowest BCUT2D eigenvalue weighted by Gasteiger charge is -2.12. The number of para-hydroxylation sites is 1. The van der Waals surface area contributed by atoms with E-state index in [1.54, 1.807) is 30.3 Å². The summed E-state index contributed by atoms with van der Waals surface area (Å²) in [7, 11) is 0. The molecule has 0 aliphatic heterocycles. The number of hydrogen-bond donors (Lipinski definition) is 1. The van der Waals surface area contributed by atoms with Gasteiger partial charge in [-0.25, -0.2) is 4.39 Å². The zero-order valence-electron chi connectivity index (χ0n) is 9.10. The fourth-order valence-electron chi connectivity index (χ4n) is 1.78. The van der Waals surface area contributed by atoms with E-state index in [0.717, 1.165) is 0 Å². The number of nitrogens with two attached hydrogens (primary N) is 1. The van der Waals surface area contributed by atoms with E-state index in [1.807, 2.05) is 6.07 Å². The maximum Gasteiger partial charge on any atom is 0.123 e. The lowest BCUT2D eigenvalue weighted by molar-refractivity contribution is 0.625. The van der Waals surface area contributed by atoms with Crippen molar-refractivity contribution >= 4 is 5.69 Å². The lowest BCUT2D eigenvalue weighted by atomic mass is 9.91. The van der Waals surface area contributed by atoms with Crippen LogP contribution in [0.25, 0.3) is 0 Å². The molecule has 0 saturated carbocycles. The predicted molar refractivity (Wildman–Crippen MR) is 64.7 cm³/mol. The SMILES string of the molecule is N#CC(c1cccc(F)c1)c1ccccc1N. The molecule has 2 aromatic carbocycles. The minimum atomic E-state index is -0.535. The molecule has 0 amide bonds. The number of rotatable bonds is 2. The van der Waals surface area contributed by atoms with Crippen LogP contribution in [-0.2, 0) is 0 Å². The van der Waals surface area contributed by atoms with Crippen LogP contribution in [0.1, 0.15) is 17.0 Å². The molecule has 17 heavy (non-hydrogen) atoms. The highest BCUT2D eigenvalue weighted by Gasteiger charge is 2.15. The third kappa shape index (κ3) is 2.26. The van der Waals surface area contributed by atoms with E-state index in [1.165, 1.54) is 12.1 Å². The first-order valence-electron chi connectivity index (χ1n) is 5.22. The normalized spacial score (nSPS) is 11.8. The molecule has 0 radical (unpaired) electrons. The molecule has 0 aromatic heterocycles. The van der Waals surface area contributed by atoms with E-state index in [4.69, 9.17) is 5.73 Å². The molecule has 2 nitrogen and oxygen atoms in total. The maximum absolute atomic E-state index is 13.1. The van der Waals surface area contributed by atoms with Crippen molar-refractivity contribution in [3.8, 4) is 6.07 Å². The van der Waals surface area contributed by atoms with Crippen molar-refractivity contribution in [3.05, 3.63) is 65.5 Å². The summed E-state index contributed by atoms with van der Waals surface area (Å²) < 4.78 is 13.1. The van der Waals surface area contributed by atoms with Crippen molar-refractivity contribution in [2.24, 2.45) is 0 Å². The van der Waals surface area contributed by atoms with E-state index in [-0.39, 0.29) is 5.82 Å². The monoisotopic (exact) mass is 226 g/mol. The van der Waals surface area contributed by atoms with E-state index in [2.05, 4.69) is 6.07 Å². The van der Waals surface area contributed by atoms with Gasteiger partial charge in [0.25, 0.3) is 0 Å². The molecule has 2 N–H and O–H groups in total. The van der Waals surface area contributed by atoms with E-state index >= 15 is 0 Å². The Balaban J connectivity index is 2.49. The molecule has 0 fully saturated rings. The Kier molecular flexibility index (Phi) is 3.06. The molecule has 2 aromatic rings. The van der Waals surface area contributed by atoms with Gasteiger partial charge >= 0.3 is 0 Å². The van der Waals surface area contributed by atoms with E-state index in [9.17, 15) is 9.65 Å². The van der Waals surface area contributed by atoms with E-state index < -0.39 is 5.92 Å². The Morgan fingerprint density at radius 2 is 1.88 bits per heavy atom. The summed E-state index contributed by atoms with van der Waals surface area (Å²) in [5, 5.41) is 9.22. The van der Waals surface area contributed by atoms with Crippen molar-refractivity contribution in [1.29, 1.82) is 5.26 Å². The van der Waals surface area contributed by atoms with Gasteiger partial charge < -0.3 is 5.73 Å². The molecule has 3 heteroatoms. The number of nitrogen functional groups attached to an aromatic ring is 1. The smallest absolute Gasteiger partial charge is 0.123 e. The molecule has 0 heterocycles. The molecular formula is C14H11FN2. The number of hydrogen-bond acceptors (Lipinski definition) is 2. The number of nitriles is 1. The molecule has 0 aliphatic carbocycles. The van der Waals surface area contributed by atoms with Crippen molar-refractivity contribution in [3.63, 3.8) is 0 Å². The number of benzene rings is 2. The summed E-state index contributed by atoms with van der Waals surface area (Å²) in [5.74, 6) is -0.885. The second-order valence-corrected chi connectivity index (χ2v) is 3.75. The highest BCUT2D eigenvalue weighted by atomic mass is 19.1. The average molecular weight is 226 g/mol. The minimum Gasteiger partial charge on any atom is -0.398 e. The largest absolute Gasteiger partial charge is 0.398 e. The summed E-state index contributed by atoms with van der Waals surface area (Å²) in [6.07, 6.45) is 0. The zero-order chi connectivity index (χ0) is 12.3. The van der Waals surface area contributed by atoms with Gasteiger partial charge in [0, 0.05) is 5.69 Å². The van der Waals surface area contributed by atoms with Crippen LogP contribution in [0, 0.1) is 17.1 Å². The quantitative estimate of drug-likeness (QED) is 0.800. The van der Waals surface area contributed by atoms with Gasteiger partial charge in [0.15, 0.2) is 0 Å². The molecule has 0 bridgehead atoms. The highest BCUT2D eigenvalue weighted by Crippen LogP contribution is 2.28. The fourth-order valence-corrected chi connectivity index (χ4v) is 1.78. The Morgan fingerprint density at radius 3 is 2.53 bits per heavy atom. The minimum absolute atomic E-state index is 0.350. The molecule has 1 atom stereocenters. The third-order valence-electron chi connectivity index (χ3n) is 2.62. The zero-order valence-corrected chi connectivity index (χ0v) is 9.10. The molecule has 2 rings (SSSR count). The maximum atomic E-state index is 13.1. The van der Waals surface area contributed by atoms with Gasteiger partial charge in [0.2, 0.25) is 0 Å². The summed E-state index contributed by atoms with van der Waals surface area (Å²) >= 11 is 0. The first-order chi connectivity index (χ1) is 8.22. The Morgan fingerprint density at radius 1 is 1.12 bits per heavy atom. The number of halogens is 1. The summed E-state index contributed by atoms with van der Waals surface area (Å²) in [5.41, 5.74) is 7.70. The van der Waals surface area contributed by atoms with Crippen LogP contribution in [0.2, 0.25) is 0 Å². The molecule has 0 spiro atoms. The number of nitrogens with zero attached hydrogens (tertiary/aromatic N) is 1. The summed E-state index contributed by atoms with van der Waals surface area (Å²) in [6, 6.07) is 15.3. The molecule has 1 unspecified atom stereocenters.